The lowest BCUT2D eigenvalue weighted by Crippen LogP contribution is -2.28. The molecule has 2 aromatic carbocycles. The number of nitrogens with zero attached hydrogens (tertiary/aromatic N) is 5. The molecule has 0 aliphatic carbocycles. The van der Waals surface area contributed by atoms with E-state index in [1.165, 1.54) is 27.8 Å². The average molecular weight is 389 g/mol. The van der Waals surface area contributed by atoms with Crippen molar-refractivity contribution >= 4 is 11.6 Å². The quantitative estimate of drug-likeness (QED) is 0.520. The number of anilines is 1. The Bertz CT molecular complexity index is 1280. The van der Waals surface area contributed by atoms with Crippen LogP contribution < -0.4 is 16.4 Å². The van der Waals surface area contributed by atoms with E-state index in [1.54, 1.807) is 48.5 Å². The summed E-state index contributed by atoms with van der Waals surface area (Å²) >= 11 is 0. The molecular formula is C19H15N7O3. The van der Waals surface area contributed by atoms with Crippen molar-refractivity contribution in [1.82, 2.24) is 30.0 Å². The van der Waals surface area contributed by atoms with Crippen LogP contribution in [0.4, 0.5) is 5.69 Å². The predicted octanol–water partition coefficient (Wildman–Crippen LogP) is 0.813. The molecular weight excluding hydrogens is 374 g/mol. The molecule has 0 aliphatic rings. The number of rotatable bonds is 5. The van der Waals surface area contributed by atoms with Crippen LogP contribution in [-0.4, -0.2) is 35.9 Å². The Morgan fingerprint density at radius 2 is 1.90 bits per heavy atom. The number of aromatic amines is 1. The topological polar surface area (TPSA) is 128 Å². The first-order valence-electron chi connectivity index (χ1n) is 8.62. The molecule has 1 amide bonds. The Labute approximate surface area is 163 Å². The highest BCUT2D eigenvalue weighted by Crippen LogP contribution is 2.14. The molecule has 0 radical (unpaired) electrons. The number of carbonyl (C=O) groups excluding carboxylic acids is 1. The summed E-state index contributed by atoms with van der Waals surface area (Å²) in [7, 11) is 0. The van der Waals surface area contributed by atoms with Gasteiger partial charge in [0.25, 0.3) is 17.0 Å². The van der Waals surface area contributed by atoms with Crippen molar-refractivity contribution in [2.75, 3.05) is 5.32 Å². The number of hydrogen-bond donors (Lipinski definition) is 2. The summed E-state index contributed by atoms with van der Waals surface area (Å²) in [5, 5.41) is 16.3. The Kier molecular flexibility index (Phi) is 4.81. The predicted molar refractivity (Wildman–Crippen MR) is 104 cm³/mol. The molecule has 10 nitrogen and oxygen atoms in total. The Morgan fingerprint density at radius 3 is 2.72 bits per heavy atom. The van der Waals surface area contributed by atoms with Gasteiger partial charge in [-0.05, 0) is 46.3 Å². The molecule has 4 aromatic rings. The summed E-state index contributed by atoms with van der Waals surface area (Å²) in [5.74, 6) is -0.303. The Balaban J connectivity index is 1.53. The number of carbonyl (C=O) groups is 1. The van der Waals surface area contributed by atoms with Crippen LogP contribution in [0.5, 0.6) is 0 Å². The fraction of sp³-hybridized carbons (Fsp3) is 0.0526. The molecule has 2 N–H and O–H groups in total. The molecule has 10 heteroatoms. The van der Waals surface area contributed by atoms with Crippen molar-refractivity contribution in [3.63, 3.8) is 0 Å². The van der Waals surface area contributed by atoms with Gasteiger partial charge in [0, 0.05) is 23.4 Å². The highest BCUT2D eigenvalue weighted by Gasteiger charge is 2.09. The van der Waals surface area contributed by atoms with Crippen LogP contribution in [0.15, 0.2) is 76.6 Å². The van der Waals surface area contributed by atoms with Crippen molar-refractivity contribution in [3.05, 3.63) is 98.8 Å². The van der Waals surface area contributed by atoms with Gasteiger partial charge in [-0.1, -0.05) is 18.2 Å². The Morgan fingerprint density at radius 1 is 1.03 bits per heavy atom. The zero-order valence-corrected chi connectivity index (χ0v) is 15.0. The molecule has 2 aromatic heterocycles. The second kappa shape index (κ2) is 7.72. The lowest BCUT2D eigenvalue weighted by molar-refractivity contribution is 0.102. The largest absolute Gasteiger partial charge is 0.322 e. The van der Waals surface area contributed by atoms with Crippen molar-refractivity contribution in [2.45, 2.75) is 6.54 Å². The zero-order chi connectivity index (χ0) is 20.2. The lowest BCUT2D eigenvalue weighted by Gasteiger charge is -2.09. The number of hydrogen-bond acceptors (Lipinski definition) is 6. The van der Waals surface area contributed by atoms with Gasteiger partial charge in [-0.15, -0.1) is 5.10 Å². The van der Waals surface area contributed by atoms with Crippen LogP contribution in [0.3, 0.4) is 0 Å². The number of tetrazole rings is 1. The first-order valence-corrected chi connectivity index (χ1v) is 8.62. The number of H-pyrrole nitrogens is 1. The summed E-state index contributed by atoms with van der Waals surface area (Å²) < 4.78 is 2.66. The third-order valence-electron chi connectivity index (χ3n) is 4.14. The molecule has 2 heterocycles. The van der Waals surface area contributed by atoms with Crippen LogP contribution >= 0.6 is 0 Å². The second-order valence-electron chi connectivity index (χ2n) is 6.19. The van der Waals surface area contributed by atoms with Gasteiger partial charge >= 0.3 is 0 Å². The van der Waals surface area contributed by atoms with E-state index < -0.39 is 0 Å². The molecule has 0 saturated carbocycles. The molecule has 0 spiro atoms. The fourth-order valence-electron chi connectivity index (χ4n) is 2.78. The van der Waals surface area contributed by atoms with Gasteiger partial charge in [-0.2, -0.15) is 0 Å². The minimum absolute atomic E-state index is 0.174. The number of aromatic nitrogens is 6. The molecule has 0 fully saturated rings. The molecule has 0 unspecified atom stereocenters. The Hall–Kier alpha value is -4.34. The first kappa shape index (κ1) is 18.0. The summed E-state index contributed by atoms with van der Waals surface area (Å²) in [5.41, 5.74) is 1.71. The van der Waals surface area contributed by atoms with Crippen molar-refractivity contribution in [2.24, 2.45) is 0 Å². The normalized spacial score (nSPS) is 10.6. The van der Waals surface area contributed by atoms with Crippen LogP contribution in [0.1, 0.15) is 15.9 Å². The maximum absolute atomic E-state index is 12.6. The van der Waals surface area contributed by atoms with Gasteiger partial charge in [0.2, 0.25) is 0 Å². The third kappa shape index (κ3) is 4.16. The van der Waals surface area contributed by atoms with Crippen molar-refractivity contribution in [3.8, 4) is 5.69 Å². The van der Waals surface area contributed by atoms with E-state index in [0.29, 0.717) is 16.9 Å². The fourth-order valence-corrected chi connectivity index (χ4v) is 2.78. The number of amides is 1. The van der Waals surface area contributed by atoms with Gasteiger partial charge in [-0.25, -0.2) is 9.36 Å². The average Bonchev–Trinajstić information content (AvgIpc) is 3.26. The maximum Gasteiger partial charge on any atom is 0.265 e. The van der Waals surface area contributed by atoms with Crippen molar-refractivity contribution < 1.29 is 4.79 Å². The summed E-state index contributed by atoms with van der Waals surface area (Å²) in [6.45, 7) is 0.174. The van der Waals surface area contributed by atoms with Gasteiger partial charge in [0.15, 0.2) is 0 Å². The second-order valence-corrected chi connectivity index (χ2v) is 6.19. The first-order chi connectivity index (χ1) is 14.1. The molecule has 0 atom stereocenters. The van der Waals surface area contributed by atoms with E-state index in [2.05, 4.69) is 25.9 Å². The van der Waals surface area contributed by atoms with Crippen LogP contribution in [0.25, 0.3) is 5.69 Å². The van der Waals surface area contributed by atoms with Crippen molar-refractivity contribution in [1.29, 1.82) is 0 Å². The summed E-state index contributed by atoms with van der Waals surface area (Å²) in [6.07, 6.45) is 1.44. The van der Waals surface area contributed by atoms with E-state index in [9.17, 15) is 14.4 Å². The summed E-state index contributed by atoms with van der Waals surface area (Å²) in [4.78, 5) is 35.9. The molecule has 0 aliphatic heterocycles. The molecule has 4 rings (SSSR count). The minimum atomic E-state index is -0.364. The SMILES string of the molecule is O=C(Nc1cccc(Cn2[nH]c(=O)ccc2=O)c1)c1cccc(-n2cnnn2)c1. The standard InChI is InChI=1S/C19H15N7O3/c27-17-7-8-18(28)25(22-17)11-13-3-1-5-15(9-13)21-19(29)14-4-2-6-16(10-14)26-12-20-23-24-26/h1-10,12H,11H2,(H,21,29)(H,22,27). The highest BCUT2D eigenvalue weighted by molar-refractivity contribution is 6.04. The molecule has 29 heavy (non-hydrogen) atoms. The minimum Gasteiger partial charge on any atom is -0.322 e. The van der Waals surface area contributed by atoms with Gasteiger partial charge < -0.3 is 5.32 Å². The number of nitrogens with one attached hydrogen (secondary N) is 2. The smallest absolute Gasteiger partial charge is 0.265 e. The zero-order valence-electron chi connectivity index (χ0n) is 15.0. The molecule has 0 bridgehead atoms. The van der Waals surface area contributed by atoms with Crippen LogP contribution in [0.2, 0.25) is 0 Å². The van der Waals surface area contributed by atoms with Gasteiger partial charge in [-0.3, -0.25) is 19.5 Å². The molecule has 144 valence electrons. The van der Waals surface area contributed by atoms with E-state index in [0.717, 1.165) is 5.56 Å². The van der Waals surface area contributed by atoms with E-state index in [1.807, 2.05) is 0 Å². The van der Waals surface area contributed by atoms with Crippen LogP contribution in [0, 0.1) is 0 Å². The van der Waals surface area contributed by atoms with E-state index in [-0.39, 0.29) is 23.6 Å². The van der Waals surface area contributed by atoms with Gasteiger partial charge in [0.1, 0.15) is 6.33 Å². The maximum atomic E-state index is 12.6. The van der Waals surface area contributed by atoms with E-state index in [4.69, 9.17) is 0 Å². The van der Waals surface area contributed by atoms with E-state index >= 15 is 0 Å². The van der Waals surface area contributed by atoms with Gasteiger partial charge in [0.05, 0.1) is 12.2 Å². The van der Waals surface area contributed by atoms with Crippen LogP contribution in [-0.2, 0) is 6.54 Å². The summed E-state index contributed by atoms with van der Waals surface area (Å²) in [6, 6.07) is 16.3. The molecule has 0 saturated heterocycles. The highest BCUT2D eigenvalue weighted by atomic mass is 16.2. The monoisotopic (exact) mass is 389 g/mol. The third-order valence-corrected chi connectivity index (χ3v) is 4.14. The lowest BCUT2D eigenvalue weighted by atomic mass is 10.1. The number of benzene rings is 2.